The largest absolute Gasteiger partial charge is 0.440 e. The summed E-state index contributed by atoms with van der Waals surface area (Å²) >= 11 is 0. The third kappa shape index (κ3) is 2.57. The monoisotopic (exact) mass is 405 g/mol. The molecule has 2 aliphatic carbocycles. The minimum atomic E-state index is -0.245. The van der Waals surface area contributed by atoms with Crippen LogP contribution in [0, 0.1) is 23.7 Å². The Balaban J connectivity index is 1.09. The number of amides is 3. The molecule has 2 aromatic rings. The molecule has 7 nitrogen and oxygen atoms in total. The van der Waals surface area contributed by atoms with E-state index in [2.05, 4.69) is 17.1 Å². The number of hydrogen-bond acceptors (Lipinski definition) is 5. The minimum Gasteiger partial charge on any atom is -0.440 e. The Morgan fingerprint density at radius 3 is 2.37 bits per heavy atom. The number of aromatic nitrogens is 1. The van der Waals surface area contributed by atoms with Crippen LogP contribution in [0.4, 0.5) is 0 Å². The molecule has 4 unspecified atom stereocenters. The van der Waals surface area contributed by atoms with E-state index < -0.39 is 0 Å². The number of allylic oxidation sites excluding steroid dienone is 2. The molecule has 154 valence electrons. The maximum atomic E-state index is 12.9. The average molecular weight is 405 g/mol. The van der Waals surface area contributed by atoms with E-state index in [-0.39, 0.29) is 53.9 Å². The van der Waals surface area contributed by atoms with Crippen LogP contribution in [0.25, 0.3) is 11.1 Å². The van der Waals surface area contributed by atoms with Gasteiger partial charge in [0.1, 0.15) is 12.1 Å². The number of carbonyl (C=O) groups is 3. The van der Waals surface area contributed by atoms with Gasteiger partial charge in [-0.15, -0.1) is 0 Å². The van der Waals surface area contributed by atoms with Gasteiger partial charge in [0, 0.05) is 19.0 Å². The number of piperidine rings is 1. The van der Waals surface area contributed by atoms with Gasteiger partial charge in [0.15, 0.2) is 11.5 Å². The van der Waals surface area contributed by atoms with Crippen LogP contribution in [0.1, 0.15) is 31.1 Å². The van der Waals surface area contributed by atoms with E-state index in [4.69, 9.17) is 4.42 Å². The molecule has 6 rings (SSSR count). The number of para-hydroxylation sites is 2. The van der Waals surface area contributed by atoms with Crippen molar-refractivity contribution in [3.8, 4) is 0 Å². The number of hydrogen-bond donors (Lipinski definition) is 0. The molecule has 0 N–H and O–H groups in total. The predicted octanol–water partition coefficient (Wildman–Crippen LogP) is 2.34. The average Bonchev–Trinajstić information content (AvgIpc) is 3.53. The van der Waals surface area contributed by atoms with E-state index >= 15 is 0 Å². The lowest BCUT2D eigenvalue weighted by Gasteiger charge is -2.31. The highest BCUT2D eigenvalue weighted by atomic mass is 16.3. The second-order valence-electron chi connectivity index (χ2n) is 8.94. The number of oxazole rings is 1. The topological polar surface area (TPSA) is 83.7 Å². The Hall–Kier alpha value is -2.96. The van der Waals surface area contributed by atoms with Gasteiger partial charge in [-0.1, -0.05) is 24.3 Å². The van der Waals surface area contributed by atoms with E-state index in [0.29, 0.717) is 13.1 Å². The first-order valence-corrected chi connectivity index (χ1v) is 10.8. The summed E-state index contributed by atoms with van der Waals surface area (Å²) in [5.74, 6) is 0.297. The molecule has 4 aliphatic rings. The SMILES string of the molecule is O=C(CN1C(=O)C2C3C=CC(C3)C2C1=O)N1CCC(c2nc3ccccc3o2)CC1. The van der Waals surface area contributed by atoms with Crippen molar-refractivity contribution in [3.63, 3.8) is 0 Å². The Morgan fingerprint density at radius 2 is 1.70 bits per heavy atom. The smallest absolute Gasteiger partial charge is 0.242 e. The van der Waals surface area contributed by atoms with Crippen LogP contribution in [0.15, 0.2) is 40.8 Å². The van der Waals surface area contributed by atoms with Crippen molar-refractivity contribution < 1.29 is 18.8 Å². The molecule has 1 aromatic carbocycles. The minimum absolute atomic E-state index is 0.127. The molecule has 2 saturated heterocycles. The lowest BCUT2D eigenvalue weighted by atomic mass is 9.85. The number of fused-ring (bicyclic) bond motifs is 6. The molecular formula is C23H23N3O4. The summed E-state index contributed by atoms with van der Waals surface area (Å²) in [6, 6.07) is 7.70. The fraction of sp³-hybridized carbons (Fsp3) is 0.478. The fourth-order valence-electron chi connectivity index (χ4n) is 5.80. The standard InChI is InChI=1S/C23H23N3O4/c27-18(12-26-22(28)19-14-5-6-15(11-14)20(19)23(26)29)25-9-7-13(8-10-25)21-24-16-3-1-2-4-17(16)30-21/h1-6,13-15,19-20H,7-12H2. The van der Waals surface area contributed by atoms with E-state index in [1.807, 2.05) is 24.3 Å². The van der Waals surface area contributed by atoms with Crippen molar-refractivity contribution >= 4 is 28.8 Å². The van der Waals surface area contributed by atoms with Gasteiger partial charge in [0.25, 0.3) is 0 Å². The molecule has 7 heteroatoms. The number of imide groups is 1. The zero-order chi connectivity index (χ0) is 20.4. The van der Waals surface area contributed by atoms with Crippen molar-refractivity contribution in [2.75, 3.05) is 19.6 Å². The third-order valence-corrected chi connectivity index (χ3v) is 7.36. The van der Waals surface area contributed by atoms with Crippen molar-refractivity contribution in [1.29, 1.82) is 0 Å². The van der Waals surface area contributed by atoms with Gasteiger partial charge in [-0.05, 0) is 43.2 Å². The second kappa shape index (κ2) is 6.52. The molecule has 3 amide bonds. The van der Waals surface area contributed by atoms with Gasteiger partial charge in [-0.3, -0.25) is 19.3 Å². The summed E-state index contributed by atoms with van der Waals surface area (Å²) < 4.78 is 5.89. The molecule has 4 atom stereocenters. The Labute approximate surface area is 173 Å². The second-order valence-corrected chi connectivity index (χ2v) is 8.94. The Bertz CT molecular complexity index is 1020. The van der Waals surface area contributed by atoms with Crippen molar-refractivity contribution in [2.45, 2.75) is 25.2 Å². The van der Waals surface area contributed by atoms with E-state index in [1.165, 1.54) is 4.90 Å². The lowest BCUT2D eigenvalue weighted by Crippen LogP contribution is -2.46. The zero-order valence-electron chi connectivity index (χ0n) is 16.6. The molecular weight excluding hydrogens is 382 g/mol. The van der Waals surface area contributed by atoms with E-state index in [9.17, 15) is 14.4 Å². The summed E-state index contributed by atoms with van der Waals surface area (Å²) in [5, 5.41) is 0. The summed E-state index contributed by atoms with van der Waals surface area (Å²) in [6.45, 7) is 1.04. The Kier molecular flexibility index (Phi) is 3.88. The van der Waals surface area contributed by atoms with Gasteiger partial charge >= 0.3 is 0 Å². The summed E-state index contributed by atoms with van der Waals surface area (Å²) in [7, 11) is 0. The molecule has 0 radical (unpaired) electrons. The lowest BCUT2D eigenvalue weighted by molar-refractivity contribution is -0.147. The van der Waals surface area contributed by atoms with Gasteiger partial charge in [0.2, 0.25) is 17.7 Å². The summed E-state index contributed by atoms with van der Waals surface area (Å²) in [6.07, 6.45) is 6.57. The maximum Gasteiger partial charge on any atom is 0.242 e. The number of rotatable bonds is 3. The molecule has 2 bridgehead atoms. The first kappa shape index (κ1) is 17.9. The van der Waals surface area contributed by atoms with Crippen molar-refractivity contribution in [1.82, 2.24) is 14.8 Å². The normalized spacial score (nSPS) is 30.7. The van der Waals surface area contributed by atoms with Crippen molar-refractivity contribution in [2.24, 2.45) is 23.7 Å². The van der Waals surface area contributed by atoms with Crippen LogP contribution in [0.5, 0.6) is 0 Å². The molecule has 3 heterocycles. The molecule has 2 aliphatic heterocycles. The van der Waals surface area contributed by atoms with E-state index in [0.717, 1.165) is 36.3 Å². The van der Waals surface area contributed by atoms with Gasteiger partial charge in [-0.2, -0.15) is 0 Å². The first-order chi connectivity index (χ1) is 14.6. The maximum absolute atomic E-state index is 12.9. The van der Waals surface area contributed by atoms with Crippen LogP contribution < -0.4 is 0 Å². The van der Waals surface area contributed by atoms with Crippen LogP contribution >= 0.6 is 0 Å². The third-order valence-electron chi connectivity index (χ3n) is 7.36. The van der Waals surface area contributed by atoms with Crippen LogP contribution in [-0.2, 0) is 14.4 Å². The highest BCUT2D eigenvalue weighted by Gasteiger charge is 2.59. The molecule has 3 fully saturated rings. The number of likely N-dealkylation sites (tertiary alicyclic amines) is 2. The fourth-order valence-corrected chi connectivity index (χ4v) is 5.80. The van der Waals surface area contributed by atoms with Crippen LogP contribution in [-0.4, -0.2) is 52.1 Å². The van der Waals surface area contributed by atoms with Gasteiger partial charge in [0.05, 0.1) is 11.8 Å². The van der Waals surface area contributed by atoms with Gasteiger partial charge in [-0.25, -0.2) is 4.98 Å². The number of benzene rings is 1. The predicted molar refractivity (Wildman–Crippen MR) is 107 cm³/mol. The highest BCUT2D eigenvalue weighted by molar-refractivity contribution is 6.08. The first-order valence-electron chi connectivity index (χ1n) is 10.8. The molecule has 1 saturated carbocycles. The van der Waals surface area contributed by atoms with E-state index in [1.54, 1.807) is 4.90 Å². The quantitative estimate of drug-likeness (QED) is 0.578. The number of carbonyl (C=O) groups excluding carboxylic acids is 3. The molecule has 0 spiro atoms. The van der Waals surface area contributed by atoms with Crippen molar-refractivity contribution in [3.05, 3.63) is 42.3 Å². The molecule has 1 aromatic heterocycles. The number of nitrogens with zero attached hydrogens (tertiary/aromatic N) is 3. The van der Waals surface area contributed by atoms with Crippen LogP contribution in [0.2, 0.25) is 0 Å². The van der Waals surface area contributed by atoms with Crippen LogP contribution in [0.3, 0.4) is 0 Å². The highest BCUT2D eigenvalue weighted by Crippen LogP contribution is 2.52. The summed E-state index contributed by atoms with van der Waals surface area (Å²) in [4.78, 5) is 46.0. The Morgan fingerprint density at radius 1 is 1.03 bits per heavy atom. The zero-order valence-corrected chi connectivity index (χ0v) is 16.6. The molecule has 30 heavy (non-hydrogen) atoms. The van der Waals surface area contributed by atoms with Gasteiger partial charge < -0.3 is 9.32 Å². The summed E-state index contributed by atoms with van der Waals surface area (Å²) in [5.41, 5.74) is 1.64.